The lowest BCUT2D eigenvalue weighted by Gasteiger charge is -1.97. The van der Waals surface area contributed by atoms with E-state index in [-0.39, 0.29) is 24.4 Å². The normalized spacial score (nSPS) is 10.9. The van der Waals surface area contributed by atoms with Crippen LogP contribution >= 0.6 is 0 Å². The number of ether oxygens (including phenoxy) is 1. The SMILES string of the molecule is CCOC(=O)Cc1nc2c(F)cc(F)c(F)c2[nH]1. The van der Waals surface area contributed by atoms with E-state index >= 15 is 0 Å². The van der Waals surface area contributed by atoms with Crippen molar-refractivity contribution >= 4 is 17.0 Å². The quantitative estimate of drug-likeness (QED) is 0.677. The smallest absolute Gasteiger partial charge is 0.313 e. The molecule has 1 aromatic heterocycles. The summed E-state index contributed by atoms with van der Waals surface area (Å²) in [6, 6.07) is 0.409. The highest BCUT2D eigenvalue weighted by Gasteiger charge is 2.18. The molecule has 96 valence electrons. The van der Waals surface area contributed by atoms with Crippen LogP contribution in [0.15, 0.2) is 6.07 Å². The van der Waals surface area contributed by atoms with Gasteiger partial charge in [-0.15, -0.1) is 0 Å². The molecule has 0 aliphatic carbocycles. The van der Waals surface area contributed by atoms with Crippen molar-refractivity contribution < 1.29 is 22.7 Å². The van der Waals surface area contributed by atoms with E-state index in [1.165, 1.54) is 0 Å². The molecule has 18 heavy (non-hydrogen) atoms. The molecule has 0 fully saturated rings. The van der Waals surface area contributed by atoms with E-state index in [0.29, 0.717) is 6.07 Å². The van der Waals surface area contributed by atoms with Crippen LogP contribution in [0, 0.1) is 17.5 Å². The van der Waals surface area contributed by atoms with Crippen LogP contribution < -0.4 is 0 Å². The molecule has 4 nitrogen and oxygen atoms in total. The van der Waals surface area contributed by atoms with Crippen LogP contribution in [0.25, 0.3) is 11.0 Å². The number of hydrogen-bond acceptors (Lipinski definition) is 3. The Labute approximate surface area is 99.8 Å². The lowest BCUT2D eigenvalue weighted by molar-refractivity contribution is -0.142. The lowest BCUT2D eigenvalue weighted by Crippen LogP contribution is -2.08. The van der Waals surface area contributed by atoms with Gasteiger partial charge in [0.2, 0.25) is 0 Å². The average Bonchev–Trinajstić information content (AvgIpc) is 2.71. The molecule has 0 saturated carbocycles. The zero-order valence-corrected chi connectivity index (χ0v) is 9.39. The molecule has 1 heterocycles. The van der Waals surface area contributed by atoms with E-state index in [1.807, 2.05) is 0 Å². The number of hydrogen-bond donors (Lipinski definition) is 1. The molecule has 0 radical (unpaired) electrons. The zero-order chi connectivity index (χ0) is 13.3. The maximum atomic E-state index is 13.3. The van der Waals surface area contributed by atoms with Gasteiger partial charge in [-0.05, 0) is 6.92 Å². The summed E-state index contributed by atoms with van der Waals surface area (Å²) in [5, 5.41) is 0. The van der Waals surface area contributed by atoms with Crippen LogP contribution in [0.5, 0.6) is 0 Å². The van der Waals surface area contributed by atoms with Crippen LogP contribution in [0.2, 0.25) is 0 Å². The first-order chi connectivity index (χ1) is 8.52. The van der Waals surface area contributed by atoms with Crippen LogP contribution in [-0.4, -0.2) is 22.5 Å². The minimum Gasteiger partial charge on any atom is -0.466 e. The number of H-pyrrole nitrogens is 1. The van der Waals surface area contributed by atoms with Gasteiger partial charge in [0.25, 0.3) is 0 Å². The second-order valence-electron chi connectivity index (χ2n) is 3.54. The molecule has 2 aromatic rings. The van der Waals surface area contributed by atoms with Gasteiger partial charge in [-0.3, -0.25) is 4.79 Å². The maximum absolute atomic E-state index is 13.3. The standard InChI is InChI=1S/C11H9F3N2O2/c1-2-18-8(17)4-7-15-10-6(13)3-5(12)9(14)11(10)16-7/h3H,2,4H2,1H3,(H,15,16). The average molecular weight is 258 g/mol. The van der Waals surface area contributed by atoms with Crippen molar-refractivity contribution in [1.82, 2.24) is 9.97 Å². The van der Waals surface area contributed by atoms with Crippen molar-refractivity contribution in [3.63, 3.8) is 0 Å². The summed E-state index contributed by atoms with van der Waals surface area (Å²) >= 11 is 0. The Balaban J connectivity index is 2.41. The van der Waals surface area contributed by atoms with Gasteiger partial charge in [0.1, 0.15) is 23.3 Å². The molecule has 0 atom stereocenters. The third-order valence-corrected chi connectivity index (χ3v) is 2.28. The largest absolute Gasteiger partial charge is 0.466 e. The van der Waals surface area contributed by atoms with Gasteiger partial charge in [-0.1, -0.05) is 0 Å². The number of rotatable bonds is 3. The Morgan fingerprint density at radius 3 is 2.78 bits per heavy atom. The van der Waals surface area contributed by atoms with Gasteiger partial charge < -0.3 is 9.72 Å². The van der Waals surface area contributed by atoms with Crippen molar-refractivity contribution in [3.8, 4) is 0 Å². The summed E-state index contributed by atoms with van der Waals surface area (Å²) < 4.78 is 44.3. The van der Waals surface area contributed by atoms with Crippen molar-refractivity contribution in [2.45, 2.75) is 13.3 Å². The molecule has 0 bridgehead atoms. The number of esters is 1. The topological polar surface area (TPSA) is 55.0 Å². The van der Waals surface area contributed by atoms with Crippen molar-refractivity contribution in [3.05, 3.63) is 29.3 Å². The van der Waals surface area contributed by atoms with Crippen LogP contribution in [0.3, 0.4) is 0 Å². The second kappa shape index (κ2) is 4.67. The van der Waals surface area contributed by atoms with Crippen molar-refractivity contribution in [1.29, 1.82) is 0 Å². The number of imidazole rings is 1. The predicted molar refractivity (Wildman–Crippen MR) is 56.3 cm³/mol. The zero-order valence-electron chi connectivity index (χ0n) is 9.39. The maximum Gasteiger partial charge on any atom is 0.313 e. The summed E-state index contributed by atoms with van der Waals surface area (Å²) in [6.45, 7) is 1.82. The minimum atomic E-state index is -1.31. The highest BCUT2D eigenvalue weighted by molar-refractivity contribution is 5.78. The molecular formula is C11H9F3N2O2. The van der Waals surface area contributed by atoms with Crippen molar-refractivity contribution in [2.24, 2.45) is 0 Å². The number of nitrogens with zero attached hydrogens (tertiary/aromatic N) is 1. The summed E-state index contributed by atoms with van der Waals surface area (Å²) in [5.41, 5.74) is -0.736. The van der Waals surface area contributed by atoms with Gasteiger partial charge in [-0.2, -0.15) is 0 Å². The number of aromatic amines is 1. The molecule has 1 aromatic carbocycles. The molecule has 0 unspecified atom stereocenters. The molecule has 0 saturated heterocycles. The monoisotopic (exact) mass is 258 g/mol. The summed E-state index contributed by atoms with van der Waals surface area (Å²) in [4.78, 5) is 17.2. The lowest BCUT2D eigenvalue weighted by atomic mass is 10.3. The van der Waals surface area contributed by atoms with Gasteiger partial charge >= 0.3 is 5.97 Å². The Hall–Kier alpha value is -2.05. The van der Waals surface area contributed by atoms with E-state index in [4.69, 9.17) is 0 Å². The Kier molecular flexibility index (Phi) is 3.22. The van der Waals surface area contributed by atoms with Crippen LogP contribution in [0.1, 0.15) is 12.7 Å². The van der Waals surface area contributed by atoms with E-state index in [9.17, 15) is 18.0 Å². The first-order valence-electron chi connectivity index (χ1n) is 5.20. The second-order valence-corrected chi connectivity index (χ2v) is 3.54. The molecule has 0 amide bonds. The van der Waals surface area contributed by atoms with Crippen LogP contribution in [-0.2, 0) is 16.0 Å². The predicted octanol–water partition coefficient (Wildman–Crippen LogP) is 2.09. The summed E-state index contributed by atoms with van der Waals surface area (Å²) in [6.07, 6.45) is -0.261. The molecule has 0 aliphatic heterocycles. The van der Waals surface area contributed by atoms with E-state index in [0.717, 1.165) is 0 Å². The van der Waals surface area contributed by atoms with Gasteiger partial charge in [0.15, 0.2) is 17.5 Å². The van der Waals surface area contributed by atoms with E-state index in [1.54, 1.807) is 6.92 Å². The Morgan fingerprint density at radius 1 is 1.39 bits per heavy atom. The van der Waals surface area contributed by atoms with Crippen LogP contribution in [0.4, 0.5) is 13.2 Å². The van der Waals surface area contributed by atoms with Gasteiger partial charge in [0, 0.05) is 6.07 Å². The van der Waals surface area contributed by atoms with Crippen molar-refractivity contribution in [2.75, 3.05) is 6.61 Å². The fourth-order valence-corrected chi connectivity index (χ4v) is 1.55. The molecular weight excluding hydrogens is 249 g/mol. The first kappa shape index (κ1) is 12.4. The number of halogens is 3. The van der Waals surface area contributed by atoms with E-state index in [2.05, 4.69) is 14.7 Å². The molecule has 7 heteroatoms. The number of carbonyl (C=O) groups excluding carboxylic acids is 1. The number of carbonyl (C=O) groups is 1. The third-order valence-electron chi connectivity index (χ3n) is 2.28. The highest BCUT2D eigenvalue weighted by atomic mass is 19.2. The molecule has 0 spiro atoms. The fourth-order valence-electron chi connectivity index (χ4n) is 1.55. The molecule has 1 N–H and O–H groups in total. The summed E-state index contributed by atoms with van der Waals surface area (Å²) in [5.74, 6) is -4.10. The Bertz CT molecular complexity index is 610. The third kappa shape index (κ3) is 2.15. The Morgan fingerprint density at radius 2 is 2.11 bits per heavy atom. The summed E-state index contributed by atoms with van der Waals surface area (Å²) in [7, 11) is 0. The molecule has 0 aliphatic rings. The van der Waals surface area contributed by atoms with E-state index < -0.39 is 28.9 Å². The minimum absolute atomic E-state index is 0.0202. The number of aromatic nitrogens is 2. The highest BCUT2D eigenvalue weighted by Crippen LogP contribution is 2.21. The fraction of sp³-hybridized carbons (Fsp3) is 0.273. The van der Waals surface area contributed by atoms with Gasteiger partial charge in [-0.25, -0.2) is 18.2 Å². The molecule has 2 rings (SSSR count). The number of fused-ring (bicyclic) bond motifs is 1. The number of nitrogens with one attached hydrogen (secondary N) is 1. The number of benzene rings is 1. The van der Waals surface area contributed by atoms with Gasteiger partial charge in [0.05, 0.1) is 6.61 Å². The first-order valence-corrected chi connectivity index (χ1v) is 5.20.